The molecule has 0 amide bonds. The van der Waals surface area contributed by atoms with Crippen LogP contribution in [-0.4, -0.2) is 39.8 Å². The number of fused-ring (bicyclic) bond motifs is 2. The maximum atomic E-state index is 14.2. The molecule has 1 atom stereocenters. The van der Waals surface area contributed by atoms with Crippen LogP contribution >= 0.6 is 11.6 Å². The summed E-state index contributed by atoms with van der Waals surface area (Å²) in [7, 11) is 1.63. The Morgan fingerprint density at radius 2 is 1.94 bits per heavy atom. The number of hydrogen-bond acceptors (Lipinski definition) is 6. The largest absolute Gasteiger partial charge is 0.481 e. The number of hydrogen-bond donors (Lipinski definition) is 1. The molecule has 180 valence electrons. The van der Waals surface area contributed by atoms with Crippen molar-refractivity contribution in [1.82, 2.24) is 19.6 Å². The second kappa shape index (κ2) is 8.17. The summed E-state index contributed by atoms with van der Waals surface area (Å²) in [5.74, 6) is 1.01. The molecular weight excluding hydrogens is 467 g/mol. The minimum atomic E-state index is -0.463. The topological polar surface area (TPSA) is 81.6 Å². The van der Waals surface area contributed by atoms with Crippen molar-refractivity contribution >= 4 is 22.9 Å². The number of piperidine rings is 1. The van der Waals surface area contributed by atoms with Crippen molar-refractivity contribution in [2.24, 2.45) is 11.1 Å². The molecule has 7 nitrogen and oxygen atoms in total. The lowest BCUT2D eigenvalue weighted by atomic mass is 9.73. The minimum absolute atomic E-state index is 0.0151. The number of nitrogens with two attached hydrogens (primary N) is 1. The summed E-state index contributed by atoms with van der Waals surface area (Å²) in [6, 6.07) is 10.6. The van der Waals surface area contributed by atoms with Crippen molar-refractivity contribution in [2.75, 3.05) is 25.1 Å². The Morgan fingerprint density at radius 3 is 2.71 bits per heavy atom. The highest BCUT2D eigenvalue weighted by atomic mass is 35.5. The lowest BCUT2D eigenvalue weighted by Gasteiger charge is -2.42. The van der Waals surface area contributed by atoms with Crippen LogP contribution in [-0.2, 0) is 6.42 Å². The number of benzene rings is 1. The summed E-state index contributed by atoms with van der Waals surface area (Å²) in [6.45, 7) is 3.56. The van der Waals surface area contributed by atoms with Gasteiger partial charge in [0.15, 0.2) is 5.82 Å². The van der Waals surface area contributed by atoms with E-state index in [1.54, 1.807) is 25.4 Å². The van der Waals surface area contributed by atoms with Crippen LogP contribution in [0.15, 0.2) is 42.6 Å². The molecule has 6 rings (SSSR count). The van der Waals surface area contributed by atoms with Gasteiger partial charge in [-0.1, -0.05) is 29.8 Å². The first-order chi connectivity index (χ1) is 16.9. The van der Waals surface area contributed by atoms with E-state index in [-0.39, 0.29) is 16.5 Å². The first-order valence-corrected chi connectivity index (χ1v) is 12.1. The number of aromatic nitrogens is 4. The molecule has 35 heavy (non-hydrogen) atoms. The van der Waals surface area contributed by atoms with Gasteiger partial charge in [-0.05, 0) is 49.3 Å². The molecule has 2 N–H and O–H groups in total. The van der Waals surface area contributed by atoms with E-state index in [1.807, 2.05) is 23.6 Å². The number of halogens is 2. The Morgan fingerprint density at radius 1 is 1.14 bits per heavy atom. The van der Waals surface area contributed by atoms with Crippen molar-refractivity contribution in [2.45, 2.75) is 32.2 Å². The van der Waals surface area contributed by atoms with Crippen molar-refractivity contribution < 1.29 is 9.13 Å². The van der Waals surface area contributed by atoms with Crippen LogP contribution in [0.3, 0.4) is 0 Å². The van der Waals surface area contributed by atoms with Gasteiger partial charge in [0.25, 0.3) is 0 Å². The Balaban J connectivity index is 1.32. The zero-order valence-electron chi connectivity index (χ0n) is 19.6. The average molecular weight is 493 g/mol. The van der Waals surface area contributed by atoms with Gasteiger partial charge < -0.3 is 15.4 Å². The summed E-state index contributed by atoms with van der Waals surface area (Å²) in [5, 5.41) is 4.61. The number of ether oxygens (including phenoxy) is 1. The van der Waals surface area contributed by atoms with Gasteiger partial charge in [-0.15, -0.1) is 0 Å². The lowest BCUT2D eigenvalue weighted by Crippen LogP contribution is -2.45. The lowest BCUT2D eigenvalue weighted by molar-refractivity contribution is 0.185. The maximum Gasteiger partial charge on any atom is 0.213 e. The monoisotopic (exact) mass is 492 g/mol. The predicted molar refractivity (Wildman–Crippen MR) is 133 cm³/mol. The molecule has 0 radical (unpaired) electrons. The molecule has 1 aliphatic carbocycles. The Kier molecular flexibility index (Phi) is 5.19. The van der Waals surface area contributed by atoms with Crippen LogP contribution < -0.4 is 15.4 Å². The number of anilines is 1. The Hall–Kier alpha value is -3.23. The number of rotatable bonds is 3. The van der Waals surface area contributed by atoms with E-state index in [1.165, 1.54) is 11.6 Å². The molecule has 4 heterocycles. The van der Waals surface area contributed by atoms with Crippen molar-refractivity contribution in [1.29, 1.82) is 0 Å². The van der Waals surface area contributed by atoms with Crippen molar-refractivity contribution in [3.8, 4) is 17.1 Å². The standard InChI is InChI=1S/C26H26ClFN6O/c1-15-23(17-4-3-5-18(28)21(17)27)34-19(8-11-30-34)25(31-15)33-12-9-26(10-13-33)14-16-6-7-20(35-2)32-22(16)24(26)29/h3-8,11,24H,9-10,12-14,29H2,1-2H3/t24-/m1/s1. The normalized spacial score (nSPS) is 18.9. The third-order valence-corrected chi connectivity index (χ3v) is 8.04. The molecular formula is C26H26ClFN6O. The summed E-state index contributed by atoms with van der Waals surface area (Å²) < 4.78 is 21.3. The molecule has 1 fully saturated rings. The molecule has 3 aromatic heterocycles. The van der Waals surface area contributed by atoms with Gasteiger partial charge in [-0.2, -0.15) is 5.10 Å². The van der Waals surface area contributed by atoms with Crippen LogP contribution in [0.1, 0.15) is 35.8 Å². The number of methoxy groups -OCH3 is 1. The van der Waals surface area contributed by atoms with E-state index >= 15 is 0 Å². The third-order valence-electron chi connectivity index (χ3n) is 7.66. The molecule has 1 saturated heterocycles. The Bertz CT molecular complexity index is 1450. The summed E-state index contributed by atoms with van der Waals surface area (Å²) in [4.78, 5) is 11.9. The van der Waals surface area contributed by atoms with Crippen LogP contribution in [0.25, 0.3) is 16.8 Å². The van der Waals surface area contributed by atoms with E-state index < -0.39 is 5.82 Å². The average Bonchev–Trinajstić information content (AvgIpc) is 3.45. The fourth-order valence-electron chi connectivity index (χ4n) is 5.75. The quantitative estimate of drug-likeness (QED) is 0.444. The van der Waals surface area contributed by atoms with Gasteiger partial charge in [0, 0.05) is 24.7 Å². The maximum absolute atomic E-state index is 14.2. The van der Waals surface area contributed by atoms with E-state index in [0.717, 1.165) is 55.1 Å². The molecule has 1 aromatic carbocycles. The number of nitrogens with zero attached hydrogens (tertiary/aromatic N) is 5. The molecule has 2 aliphatic rings. The third kappa shape index (κ3) is 3.38. The second-order valence-corrected chi connectivity index (χ2v) is 9.88. The molecule has 4 aromatic rings. The van der Waals surface area contributed by atoms with E-state index in [9.17, 15) is 4.39 Å². The van der Waals surface area contributed by atoms with Crippen LogP contribution in [0, 0.1) is 18.2 Å². The molecule has 9 heteroatoms. The van der Waals surface area contributed by atoms with Crippen LogP contribution in [0.5, 0.6) is 5.88 Å². The van der Waals surface area contributed by atoms with Crippen LogP contribution in [0.2, 0.25) is 5.02 Å². The summed E-state index contributed by atoms with van der Waals surface area (Å²) in [6.07, 6.45) is 4.54. The van der Waals surface area contributed by atoms with E-state index in [0.29, 0.717) is 17.1 Å². The highest BCUT2D eigenvalue weighted by Crippen LogP contribution is 2.51. The first-order valence-electron chi connectivity index (χ1n) is 11.7. The van der Waals surface area contributed by atoms with Crippen molar-refractivity contribution in [3.05, 3.63) is 70.4 Å². The smallest absolute Gasteiger partial charge is 0.213 e. The zero-order valence-corrected chi connectivity index (χ0v) is 20.4. The highest BCUT2D eigenvalue weighted by molar-refractivity contribution is 6.33. The van der Waals surface area contributed by atoms with E-state index in [2.05, 4.69) is 21.0 Å². The summed E-state index contributed by atoms with van der Waals surface area (Å²) in [5.41, 5.74) is 11.8. The molecule has 1 spiro atoms. The van der Waals surface area contributed by atoms with Gasteiger partial charge in [0.05, 0.1) is 41.5 Å². The Labute approximate surface area is 207 Å². The van der Waals surface area contributed by atoms with Gasteiger partial charge in [0.1, 0.15) is 11.3 Å². The fourth-order valence-corrected chi connectivity index (χ4v) is 5.97. The van der Waals surface area contributed by atoms with Crippen LogP contribution in [0.4, 0.5) is 10.2 Å². The highest BCUT2D eigenvalue weighted by Gasteiger charge is 2.47. The van der Waals surface area contributed by atoms with Gasteiger partial charge in [-0.25, -0.2) is 18.9 Å². The van der Waals surface area contributed by atoms with Crippen molar-refractivity contribution in [3.63, 3.8) is 0 Å². The molecule has 1 aliphatic heterocycles. The van der Waals surface area contributed by atoms with Gasteiger partial charge in [-0.3, -0.25) is 0 Å². The van der Waals surface area contributed by atoms with Gasteiger partial charge in [0.2, 0.25) is 5.88 Å². The molecule has 0 bridgehead atoms. The summed E-state index contributed by atoms with van der Waals surface area (Å²) >= 11 is 6.32. The van der Waals surface area contributed by atoms with E-state index in [4.69, 9.17) is 27.1 Å². The fraction of sp³-hybridized carbons (Fsp3) is 0.346. The molecule has 0 unspecified atom stereocenters. The minimum Gasteiger partial charge on any atom is -0.481 e. The number of pyridine rings is 1. The molecule has 0 saturated carbocycles. The second-order valence-electron chi connectivity index (χ2n) is 9.50. The first kappa shape index (κ1) is 22.2. The predicted octanol–water partition coefficient (Wildman–Crippen LogP) is 4.74. The number of aryl methyl sites for hydroxylation is 1. The van der Waals surface area contributed by atoms with Gasteiger partial charge >= 0.3 is 0 Å². The zero-order chi connectivity index (χ0) is 24.3. The SMILES string of the molecule is COc1ccc2c(n1)[C@@H](N)C1(CCN(c3nc(C)c(-c4cccc(F)c4Cl)n4nccc34)CC1)C2.